The van der Waals surface area contributed by atoms with Gasteiger partial charge in [-0.3, -0.25) is 0 Å². The molecule has 0 amide bonds. The van der Waals surface area contributed by atoms with E-state index in [1.165, 1.54) is 16.0 Å². The Balaban J connectivity index is 1.60. The van der Waals surface area contributed by atoms with Crippen LogP contribution in [0, 0.1) is 6.92 Å². The van der Waals surface area contributed by atoms with Crippen LogP contribution in [0.3, 0.4) is 0 Å². The van der Waals surface area contributed by atoms with E-state index in [1.54, 1.807) is 17.9 Å². The first-order valence-electron chi connectivity index (χ1n) is 7.03. The monoisotopic (exact) mass is 348 g/mol. The van der Waals surface area contributed by atoms with Gasteiger partial charge in [0.05, 0.1) is 7.11 Å². The minimum absolute atomic E-state index is 0.906. The number of hydrogen-bond donors (Lipinski definition) is 0. The molecule has 0 heterocycles. The number of rotatable bonds is 8. The van der Waals surface area contributed by atoms with E-state index in [-0.39, 0.29) is 0 Å². The third-order valence-corrected chi connectivity index (χ3v) is 5.92. The molecule has 0 unspecified atom stereocenters. The molecule has 1 nitrogen and oxygen atoms in total. The predicted molar refractivity (Wildman–Crippen MR) is 103 cm³/mol. The zero-order chi connectivity index (χ0) is 15.6. The molecule has 0 aliphatic heterocycles. The van der Waals surface area contributed by atoms with E-state index < -0.39 is 0 Å². The number of benzene rings is 2. The van der Waals surface area contributed by atoms with Crippen molar-refractivity contribution in [2.45, 2.75) is 17.6 Å². The first kappa shape index (κ1) is 17.4. The Hall–Kier alpha value is -0.970. The van der Waals surface area contributed by atoms with Gasteiger partial charge in [0.15, 0.2) is 0 Å². The van der Waals surface area contributed by atoms with E-state index in [9.17, 15) is 0 Å². The summed E-state index contributed by atoms with van der Waals surface area (Å²) in [5.41, 5.74) is 2.70. The normalized spacial score (nSPS) is 11.0. The second-order valence-corrected chi connectivity index (χ2v) is 8.07. The van der Waals surface area contributed by atoms with Crippen molar-refractivity contribution in [1.29, 1.82) is 0 Å². The van der Waals surface area contributed by atoms with Crippen LogP contribution in [0.25, 0.3) is 0 Å². The van der Waals surface area contributed by atoms with Crippen molar-refractivity contribution in [3.8, 4) is 5.75 Å². The lowest BCUT2D eigenvalue weighted by Crippen LogP contribution is -1.81. The quantitative estimate of drug-likeness (QED) is 0.319. The second-order valence-electron chi connectivity index (χ2n) is 4.70. The van der Waals surface area contributed by atoms with Crippen LogP contribution in [-0.4, -0.2) is 12.9 Å². The van der Waals surface area contributed by atoms with Gasteiger partial charge in [0.2, 0.25) is 0 Å². The number of aryl methyl sites for hydroxylation is 1. The number of thioether (sulfide) groups is 1. The Bertz CT molecular complexity index is 576. The van der Waals surface area contributed by atoms with Gasteiger partial charge in [0, 0.05) is 16.4 Å². The van der Waals surface area contributed by atoms with Crippen LogP contribution < -0.4 is 4.74 Å². The minimum Gasteiger partial charge on any atom is -0.497 e. The maximum atomic E-state index is 5.15. The molecule has 2 aromatic rings. The molecule has 0 bridgehead atoms. The highest BCUT2D eigenvalue weighted by atomic mass is 33.1. The molecule has 0 saturated carbocycles. The average molecular weight is 349 g/mol. The molecule has 2 rings (SSSR count). The van der Waals surface area contributed by atoms with Crippen molar-refractivity contribution in [2.24, 2.45) is 0 Å². The zero-order valence-electron chi connectivity index (χ0n) is 12.8. The predicted octanol–water partition coefficient (Wildman–Crippen LogP) is 6.19. The van der Waals surface area contributed by atoms with Crippen molar-refractivity contribution in [1.82, 2.24) is 0 Å². The highest BCUT2D eigenvalue weighted by Crippen LogP contribution is 2.28. The van der Waals surface area contributed by atoms with Crippen LogP contribution in [0.1, 0.15) is 11.1 Å². The Morgan fingerprint density at radius 3 is 2.41 bits per heavy atom. The van der Waals surface area contributed by atoms with Crippen molar-refractivity contribution in [3.63, 3.8) is 0 Å². The van der Waals surface area contributed by atoms with Crippen LogP contribution in [0.15, 0.2) is 64.9 Å². The lowest BCUT2D eigenvalue weighted by atomic mass is 10.2. The Labute approximate surface area is 145 Å². The van der Waals surface area contributed by atoms with E-state index in [2.05, 4.69) is 54.8 Å². The minimum atomic E-state index is 0.906. The van der Waals surface area contributed by atoms with Gasteiger partial charge in [-0.25, -0.2) is 0 Å². The average Bonchev–Trinajstić information content (AvgIpc) is 2.56. The summed E-state index contributed by atoms with van der Waals surface area (Å²) in [6.07, 6.45) is 2.21. The first-order valence-corrected chi connectivity index (χ1v) is 10.4. The number of hydrogen-bond acceptors (Lipinski definition) is 4. The fraction of sp³-hybridized carbons (Fsp3) is 0.222. The summed E-state index contributed by atoms with van der Waals surface area (Å²) < 4.78 is 5.15. The van der Waals surface area contributed by atoms with Gasteiger partial charge in [-0.1, -0.05) is 57.5 Å². The summed E-state index contributed by atoms with van der Waals surface area (Å²) >= 11 is 1.83. The smallest absolute Gasteiger partial charge is 0.118 e. The molecular weight excluding hydrogens is 328 g/mol. The highest BCUT2D eigenvalue weighted by Gasteiger charge is 1.94. The SMILES string of the molecule is COc1ccc(SC/C=C\SSCc2ccc(C)cc2)cc1. The Morgan fingerprint density at radius 2 is 1.73 bits per heavy atom. The molecule has 0 atom stereocenters. The third-order valence-electron chi connectivity index (χ3n) is 2.97. The van der Waals surface area contributed by atoms with Gasteiger partial charge >= 0.3 is 0 Å². The molecule has 0 aliphatic carbocycles. The number of methoxy groups -OCH3 is 1. The van der Waals surface area contributed by atoms with E-state index in [0.717, 1.165) is 17.3 Å². The van der Waals surface area contributed by atoms with Crippen LogP contribution in [0.4, 0.5) is 0 Å². The summed E-state index contributed by atoms with van der Waals surface area (Å²) in [5, 5.41) is 2.18. The van der Waals surface area contributed by atoms with Crippen molar-refractivity contribution in [2.75, 3.05) is 12.9 Å². The standard InChI is InChI=1S/C18H20OS3/c1-15-4-6-16(7-5-15)14-22-21-13-3-12-20-18-10-8-17(19-2)9-11-18/h3-11,13H,12,14H2,1-2H3/b13-3-. The molecule has 0 aromatic heterocycles. The van der Waals surface area contributed by atoms with Crippen molar-refractivity contribution in [3.05, 3.63) is 71.1 Å². The van der Waals surface area contributed by atoms with Crippen LogP contribution in [0.5, 0.6) is 5.75 Å². The molecule has 0 fully saturated rings. The lowest BCUT2D eigenvalue weighted by molar-refractivity contribution is 0.414. The first-order chi connectivity index (χ1) is 10.8. The molecule has 0 spiro atoms. The summed E-state index contributed by atoms with van der Waals surface area (Å²) in [4.78, 5) is 1.27. The fourth-order valence-corrected chi connectivity index (χ4v) is 4.29. The summed E-state index contributed by atoms with van der Waals surface area (Å²) in [6.45, 7) is 2.12. The maximum absolute atomic E-state index is 5.15. The molecule has 116 valence electrons. The molecule has 22 heavy (non-hydrogen) atoms. The third kappa shape index (κ3) is 6.42. The largest absolute Gasteiger partial charge is 0.497 e. The van der Waals surface area contributed by atoms with Crippen LogP contribution in [0.2, 0.25) is 0 Å². The van der Waals surface area contributed by atoms with Gasteiger partial charge in [0.1, 0.15) is 5.75 Å². The van der Waals surface area contributed by atoms with Gasteiger partial charge in [-0.2, -0.15) is 0 Å². The fourth-order valence-electron chi connectivity index (χ4n) is 1.72. The summed E-state index contributed by atoms with van der Waals surface area (Å²) in [6, 6.07) is 16.9. The zero-order valence-corrected chi connectivity index (χ0v) is 15.3. The van der Waals surface area contributed by atoms with Crippen LogP contribution >= 0.6 is 33.3 Å². The van der Waals surface area contributed by atoms with E-state index in [1.807, 2.05) is 34.7 Å². The van der Waals surface area contributed by atoms with Gasteiger partial charge in [-0.15, -0.1) is 11.8 Å². The Morgan fingerprint density at radius 1 is 1.00 bits per heavy atom. The topological polar surface area (TPSA) is 9.23 Å². The Kier molecular flexibility index (Phi) is 7.85. The van der Waals surface area contributed by atoms with E-state index >= 15 is 0 Å². The highest BCUT2D eigenvalue weighted by molar-refractivity contribution is 8.77. The van der Waals surface area contributed by atoms with Gasteiger partial charge in [0.25, 0.3) is 0 Å². The lowest BCUT2D eigenvalue weighted by Gasteiger charge is -2.01. The van der Waals surface area contributed by atoms with Crippen molar-refractivity contribution >= 4 is 33.3 Å². The van der Waals surface area contributed by atoms with E-state index in [4.69, 9.17) is 4.74 Å². The van der Waals surface area contributed by atoms with Gasteiger partial charge in [-0.05, 0) is 42.2 Å². The molecular formula is C18H20OS3. The maximum Gasteiger partial charge on any atom is 0.118 e. The summed E-state index contributed by atoms with van der Waals surface area (Å²) in [7, 11) is 5.35. The van der Waals surface area contributed by atoms with Crippen molar-refractivity contribution < 1.29 is 4.74 Å². The number of ether oxygens (including phenoxy) is 1. The molecule has 0 aliphatic rings. The molecule has 2 aromatic carbocycles. The van der Waals surface area contributed by atoms with Crippen LogP contribution in [-0.2, 0) is 5.75 Å². The summed E-state index contributed by atoms with van der Waals surface area (Å²) in [5.74, 6) is 2.94. The molecule has 0 radical (unpaired) electrons. The van der Waals surface area contributed by atoms with E-state index in [0.29, 0.717) is 0 Å². The molecule has 0 N–H and O–H groups in total. The van der Waals surface area contributed by atoms with Gasteiger partial charge < -0.3 is 4.74 Å². The molecule has 4 heteroatoms. The second kappa shape index (κ2) is 9.93. The molecule has 0 saturated heterocycles.